The smallest absolute Gasteiger partial charge is 0.203 e. The lowest BCUT2D eigenvalue weighted by Gasteiger charge is -2.30. The first kappa shape index (κ1) is 14.0. The quantitative estimate of drug-likeness (QED) is 0.864. The third-order valence-electron chi connectivity index (χ3n) is 3.52. The fourth-order valence-electron chi connectivity index (χ4n) is 2.58. The molecule has 0 radical (unpaired) electrons. The Morgan fingerprint density at radius 2 is 1.89 bits per heavy atom. The van der Waals surface area contributed by atoms with E-state index in [1.54, 1.807) is 21.3 Å². The van der Waals surface area contributed by atoms with Gasteiger partial charge >= 0.3 is 0 Å². The number of hydrogen-bond donors (Lipinski definition) is 1. The lowest BCUT2D eigenvalue weighted by atomic mass is 9.97. The van der Waals surface area contributed by atoms with Gasteiger partial charge < -0.3 is 19.3 Å². The highest BCUT2D eigenvalue weighted by atomic mass is 16.5. The second-order valence-corrected chi connectivity index (χ2v) is 4.53. The summed E-state index contributed by atoms with van der Waals surface area (Å²) < 4.78 is 16.3. The number of hydrogen-bond acceptors (Lipinski definition) is 5. The number of nitrogens with zero attached hydrogens (tertiary/aromatic N) is 1. The van der Waals surface area contributed by atoms with Crippen molar-refractivity contribution in [2.45, 2.75) is 13.0 Å². The zero-order chi connectivity index (χ0) is 13.8. The van der Waals surface area contributed by atoms with Crippen LogP contribution in [0, 0.1) is 0 Å². The number of methoxy groups -OCH3 is 3. The van der Waals surface area contributed by atoms with Crippen molar-refractivity contribution in [2.75, 3.05) is 41.0 Å². The SMILES string of the molecule is COc1cc2c(c(OC)c1OC)CN(CCO)CC2. The molecule has 0 amide bonds. The molecule has 0 saturated heterocycles. The maximum Gasteiger partial charge on any atom is 0.203 e. The van der Waals surface area contributed by atoms with E-state index in [0.717, 1.165) is 30.8 Å². The fourth-order valence-corrected chi connectivity index (χ4v) is 2.58. The topological polar surface area (TPSA) is 51.2 Å². The molecular weight excluding hydrogens is 246 g/mol. The standard InChI is InChI=1S/C14H21NO4/c1-17-12-8-10-4-5-15(6-7-16)9-11(10)13(18-2)14(12)19-3/h8,16H,4-7,9H2,1-3H3. The molecular formula is C14H21NO4. The Morgan fingerprint density at radius 1 is 1.16 bits per heavy atom. The van der Waals surface area contributed by atoms with E-state index in [4.69, 9.17) is 19.3 Å². The molecule has 1 aromatic rings. The number of β-amino-alcohol motifs (C(OH)–C–C–N with tert-alkyl or cyclic N) is 1. The number of ether oxygens (including phenoxy) is 3. The second-order valence-electron chi connectivity index (χ2n) is 4.53. The number of fused-ring (bicyclic) bond motifs is 1. The molecule has 1 heterocycles. The van der Waals surface area contributed by atoms with Crippen molar-refractivity contribution in [3.8, 4) is 17.2 Å². The van der Waals surface area contributed by atoms with Crippen molar-refractivity contribution in [3.63, 3.8) is 0 Å². The van der Waals surface area contributed by atoms with E-state index in [2.05, 4.69) is 4.90 Å². The molecule has 0 fully saturated rings. The number of aliphatic hydroxyl groups excluding tert-OH is 1. The van der Waals surface area contributed by atoms with Crippen LogP contribution in [0.4, 0.5) is 0 Å². The van der Waals surface area contributed by atoms with E-state index in [1.165, 1.54) is 5.56 Å². The Morgan fingerprint density at radius 3 is 2.47 bits per heavy atom. The minimum Gasteiger partial charge on any atom is -0.493 e. The molecule has 1 N–H and O–H groups in total. The van der Waals surface area contributed by atoms with Gasteiger partial charge in [-0.3, -0.25) is 4.90 Å². The highest BCUT2D eigenvalue weighted by Crippen LogP contribution is 2.43. The van der Waals surface area contributed by atoms with Crippen molar-refractivity contribution in [1.82, 2.24) is 4.90 Å². The van der Waals surface area contributed by atoms with Crippen molar-refractivity contribution in [2.24, 2.45) is 0 Å². The highest BCUT2D eigenvalue weighted by Gasteiger charge is 2.25. The van der Waals surface area contributed by atoms with Gasteiger partial charge in [-0.25, -0.2) is 0 Å². The first-order chi connectivity index (χ1) is 9.24. The lowest BCUT2D eigenvalue weighted by molar-refractivity contribution is 0.181. The maximum atomic E-state index is 9.06. The normalized spacial score (nSPS) is 14.9. The van der Waals surface area contributed by atoms with Crippen molar-refractivity contribution in [1.29, 1.82) is 0 Å². The van der Waals surface area contributed by atoms with E-state index in [9.17, 15) is 0 Å². The average Bonchev–Trinajstić information content (AvgIpc) is 2.45. The Labute approximate surface area is 113 Å². The van der Waals surface area contributed by atoms with Crippen LogP contribution in [0.25, 0.3) is 0 Å². The van der Waals surface area contributed by atoms with Gasteiger partial charge in [-0.1, -0.05) is 0 Å². The third-order valence-corrected chi connectivity index (χ3v) is 3.52. The summed E-state index contributed by atoms with van der Waals surface area (Å²) in [6, 6.07) is 2.02. The molecule has 0 aromatic heterocycles. The van der Waals surface area contributed by atoms with Gasteiger partial charge in [-0.2, -0.15) is 0 Å². The fraction of sp³-hybridized carbons (Fsp3) is 0.571. The van der Waals surface area contributed by atoms with Gasteiger partial charge in [0.05, 0.1) is 27.9 Å². The van der Waals surface area contributed by atoms with Crippen LogP contribution in [-0.4, -0.2) is 51.0 Å². The molecule has 0 spiro atoms. The molecule has 5 nitrogen and oxygen atoms in total. The van der Waals surface area contributed by atoms with Crippen LogP contribution in [0.5, 0.6) is 17.2 Å². The monoisotopic (exact) mass is 267 g/mol. The molecule has 2 rings (SSSR count). The second kappa shape index (κ2) is 6.12. The molecule has 106 valence electrons. The molecule has 19 heavy (non-hydrogen) atoms. The van der Waals surface area contributed by atoms with E-state index in [1.807, 2.05) is 6.07 Å². The lowest BCUT2D eigenvalue weighted by Crippen LogP contribution is -2.33. The Bertz CT molecular complexity index is 448. The predicted molar refractivity (Wildman–Crippen MR) is 72.2 cm³/mol. The summed E-state index contributed by atoms with van der Waals surface area (Å²) in [7, 11) is 4.88. The minimum absolute atomic E-state index is 0.172. The average molecular weight is 267 g/mol. The van der Waals surface area contributed by atoms with Crippen LogP contribution in [0.2, 0.25) is 0 Å². The zero-order valence-corrected chi connectivity index (χ0v) is 11.7. The highest BCUT2D eigenvalue weighted by molar-refractivity contribution is 5.59. The van der Waals surface area contributed by atoms with E-state index in [0.29, 0.717) is 18.0 Å². The van der Waals surface area contributed by atoms with Crippen molar-refractivity contribution in [3.05, 3.63) is 17.2 Å². The first-order valence-corrected chi connectivity index (χ1v) is 6.39. The van der Waals surface area contributed by atoms with Gasteiger partial charge in [0.2, 0.25) is 5.75 Å². The minimum atomic E-state index is 0.172. The Kier molecular flexibility index (Phi) is 4.50. The van der Waals surface area contributed by atoms with Crippen LogP contribution in [0.3, 0.4) is 0 Å². The summed E-state index contributed by atoms with van der Waals surface area (Å²) in [6.45, 7) is 2.55. The summed E-state index contributed by atoms with van der Waals surface area (Å²) in [5.41, 5.74) is 2.35. The molecule has 1 aliphatic heterocycles. The Balaban J connectivity index is 2.43. The third kappa shape index (κ3) is 2.62. The number of rotatable bonds is 5. The summed E-state index contributed by atoms with van der Waals surface area (Å²) >= 11 is 0. The van der Waals surface area contributed by atoms with Crippen molar-refractivity contribution >= 4 is 0 Å². The van der Waals surface area contributed by atoms with E-state index in [-0.39, 0.29) is 6.61 Å². The van der Waals surface area contributed by atoms with Gasteiger partial charge in [0.1, 0.15) is 0 Å². The van der Waals surface area contributed by atoms with Gasteiger partial charge in [0, 0.05) is 25.2 Å². The van der Waals surface area contributed by atoms with Crippen LogP contribution < -0.4 is 14.2 Å². The molecule has 1 aliphatic rings. The first-order valence-electron chi connectivity index (χ1n) is 6.39. The summed E-state index contributed by atoms with van der Waals surface area (Å²) in [5.74, 6) is 2.07. The van der Waals surface area contributed by atoms with Gasteiger partial charge in [0.15, 0.2) is 11.5 Å². The molecule has 0 bridgehead atoms. The summed E-state index contributed by atoms with van der Waals surface area (Å²) in [4.78, 5) is 2.21. The molecule has 0 atom stereocenters. The Hall–Kier alpha value is -1.46. The molecule has 1 aromatic carbocycles. The van der Waals surface area contributed by atoms with Gasteiger partial charge in [-0.15, -0.1) is 0 Å². The van der Waals surface area contributed by atoms with Crippen molar-refractivity contribution < 1.29 is 19.3 Å². The van der Waals surface area contributed by atoms with Crippen LogP contribution in [0.1, 0.15) is 11.1 Å². The van der Waals surface area contributed by atoms with Crippen LogP contribution in [-0.2, 0) is 13.0 Å². The summed E-state index contributed by atoms with van der Waals surface area (Å²) in [5, 5.41) is 9.06. The van der Waals surface area contributed by atoms with E-state index < -0.39 is 0 Å². The zero-order valence-electron chi connectivity index (χ0n) is 11.7. The van der Waals surface area contributed by atoms with Gasteiger partial charge in [-0.05, 0) is 18.1 Å². The summed E-state index contributed by atoms with van der Waals surface area (Å²) in [6.07, 6.45) is 0.923. The molecule has 5 heteroatoms. The van der Waals surface area contributed by atoms with Crippen LogP contribution >= 0.6 is 0 Å². The maximum absolute atomic E-state index is 9.06. The van der Waals surface area contributed by atoms with Gasteiger partial charge in [0.25, 0.3) is 0 Å². The number of aliphatic hydroxyl groups is 1. The predicted octanol–water partition coefficient (Wildman–Crippen LogP) is 1.06. The van der Waals surface area contributed by atoms with E-state index >= 15 is 0 Å². The number of benzene rings is 1. The van der Waals surface area contributed by atoms with Crippen LogP contribution in [0.15, 0.2) is 6.07 Å². The largest absolute Gasteiger partial charge is 0.493 e. The molecule has 0 aliphatic carbocycles. The molecule has 0 saturated carbocycles. The molecule has 0 unspecified atom stereocenters.